The van der Waals surface area contributed by atoms with Crippen molar-refractivity contribution in [3.8, 4) is 28.4 Å². The van der Waals surface area contributed by atoms with Gasteiger partial charge in [-0.05, 0) is 53.4 Å². The largest absolute Gasteiger partial charge is 0.492 e. The molecule has 0 aliphatic carbocycles. The van der Waals surface area contributed by atoms with Crippen LogP contribution >= 0.6 is 15.9 Å². The van der Waals surface area contributed by atoms with Crippen molar-refractivity contribution in [3.63, 3.8) is 0 Å². The van der Waals surface area contributed by atoms with Crippen molar-refractivity contribution in [1.29, 1.82) is 0 Å². The molecule has 7 heteroatoms. The lowest BCUT2D eigenvalue weighted by Crippen LogP contribution is -2.30. The van der Waals surface area contributed by atoms with E-state index >= 15 is 0 Å². The van der Waals surface area contributed by atoms with Gasteiger partial charge in [-0.3, -0.25) is 9.59 Å². The first-order valence-electron chi connectivity index (χ1n) is 13.2. The minimum Gasteiger partial charge on any atom is -0.492 e. The third kappa shape index (κ3) is 7.73. The van der Waals surface area contributed by atoms with Gasteiger partial charge in [-0.1, -0.05) is 96.9 Å². The van der Waals surface area contributed by atoms with Gasteiger partial charge in [0.15, 0.2) is 0 Å². The van der Waals surface area contributed by atoms with Gasteiger partial charge in [0.2, 0.25) is 0 Å². The molecule has 0 saturated carbocycles. The van der Waals surface area contributed by atoms with Crippen LogP contribution in [0.1, 0.15) is 48.7 Å². The van der Waals surface area contributed by atoms with Crippen LogP contribution < -0.4 is 14.8 Å². The summed E-state index contributed by atoms with van der Waals surface area (Å²) in [5, 5.41) is 12.5. The van der Waals surface area contributed by atoms with Crippen molar-refractivity contribution in [2.45, 2.75) is 32.7 Å². The standard InChI is InChI=1S/C33H32BrNO5/c1-3-22(2)21-39-30-18-17-25(34)19-28(30)33(38)35-29(20-32(36)37)24-15-13-23(14-16-24)27-11-7-8-12-31(27)40-26-9-5-4-6-10-26/h4-19,22,29H,3,20-21H2,1-2H3,(H,35,38)(H,36,37). The Morgan fingerprint density at radius 3 is 2.30 bits per heavy atom. The number of carboxylic acids is 1. The zero-order valence-electron chi connectivity index (χ0n) is 22.5. The highest BCUT2D eigenvalue weighted by molar-refractivity contribution is 9.10. The van der Waals surface area contributed by atoms with Crippen molar-refractivity contribution in [1.82, 2.24) is 5.32 Å². The van der Waals surface area contributed by atoms with Crippen LogP contribution in [0.25, 0.3) is 11.1 Å². The SMILES string of the molecule is CCC(C)COc1ccc(Br)cc1C(=O)NC(CC(=O)O)c1ccc(-c2ccccc2Oc2ccccc2)cc1. The molecule has 0 aliphatic rings. The fourth-order valence-electron chi connectivity index (χ4n) is 4.12. The predicted octanol–water partition coefficient (Wildman–Crippen LogP) is 8.28. The van der Waals surface area contributed by atoms with Crippen LogP contribution in [-0.4, -0.2) is 23.6 Å². The number of para-hydroxylation sites is 2. The first-order valence-corrected chi connectivity index (χ1v) is 14.0. The lowest BCUT2D eigenvalue weighted by molar-refractivity contribution is -0.137. The third-order valence-electron chi connectivity index (χ3n) is 6.57. The molecule has 2 atom stereocenters. The van der Waals surface area contributed by atoms with Crippen molar-refractivity contribution in [2.75, 3.05) is 6.61 Å². The number of aliphatic carboxylic acids is 1. The van der Waals surface area contributed by atoms with Crippen molar-refractivity contribution >= 4 is 27.8 Å². The topological polar surface area (TPSA) is 84.9 Å². The van der Waals surface area contributed by atoms with Crippen LogP contribution in [0.3, 0.4) is 0 Å². The molecule has 4 aromatic rings. The Kier molecular flexibility index (Phi) is 9.97. The van der Waals surface area contributed by atoms with Gasteiger partial charge in [0.05, 0.1) is 24.6 Å². The Morgan fingerprint density at radius 2 is 1.60 bits per heavy atom. The third-order valence-corrected chi connectivity index (χ3v) is 7.07. The second-order valence-electron chi connectivity index (χ2n) is 9.62. The molecule has 2 N–H and O–H groups in total. The van der Waals surface area contributed by atoms with Crippen LogP contribution in [0.2, 0.25) is 0 Å². The summed E-state index contributed by atoms with van der Waals surface area (Å²) in [5.74, 6) is 0.810. The molecule has 206 valence electrons. The number of ether oxygens (including phenoxy) is 2. The Hall–Kier alpha value is -4.10. The molecule has 0 heterocycles. The molecule has 4 rings (SSSR count). The minimum atomic E-state index is -1.02. The van der Waals surface area contributed by atoms with E-state index in [0.717, 1.165) is 27.8 Å². The highest BCUT2D eigenvalue weighted by atomic mass is 79.9. The summed E-state index contributed by atoms with van der Waals surface area (Å²) in [6, 6.07) is 29.3. The van der Waals surface area contributed by atoms with E-state index in [2.05, 4.69) is 35.1 Å². The predicted molar refractivity (Wildman–Crippen MR) is 160 cm³/mol. The monoisotopic (exact) mass is 601 g/mol. The summed E-state index contributed by atoms with van der Waals surface area (Å²) >= 11 is 3.43. The molecule has 4 aromatic carbocycles. The summed E-state index contributed by atoms with van der Waals surface area (Å²) in [4.78, 5) is 25.1. The van der Waals surface area contributed by atoms with Crippen molar-refractivity contribution < 1.29 is 24.2 Å². The summed E-state index contributed by atoms with van der Waals surface area (Å²) in [6.45, 7) is 4.64. The lowest BCUT2D eigenvalue weighted by Gasteiger charge is -2.20. The summed E-state index contributed by atoms with van der Waals surface area (Å²) in [7, 11) is 0. The van der Waals surface area contributed by atoms with Gasteiger partial charge in [-0.25, -0.2) is 0 Å². The second kappa shape index (κ2) is 13.8. The van der Waals surface area contributed by atoms with Gasteiger partial charge in [-0.2, -0.15) is 0 Å². The van der Waals surface area contributed by atoms with Crippen LogP contribution in [0.4, 0.5) is 0 Å². The molecule has 0 fully saturated rings. The van der Waals surface area contributed by atoms with Gasteiger partial charge in [-0.15, -0.1) is 0 Å². The van der Waals surface area contributed by atoms with E-state index < -0.39 is 17.9 Å². The Morgan fingerprint density at radius 1 is 0.900 bits per heavy atom. The maximum absolute atomic E-state index is 13.4. The lowest BCUT2D eigenvalue weighted by atomic mass is 9.98. The molecular weight excluding hydrogens is 570 g/mol. The number of nitrogens with one attached hydrogen (secondary N) is 1. The van der Waals surface area contributed by atoms with Gasteiger partial charge in [0.1, 0.15) is 17.2 Å². The number of rotatable bonds is 12. The quantitative estimate of drug-likeness (QED) is 0.171. The number of amides is 1. The molecule has 0 aliphatic heterocycles. The Labute approximate surface area is 243 Å². The molecule has 6 nitrogen and oxygen atoms in total. The molecular formula is C33H32BrNO5. The van der Waals surface area contributed by atoms with E-state index in [4.69, 9.17) is 9.47 Å². The highest BCUT2D eigenvalue weighted by Gasteiger charge is 2.22. The average molecular weight is 603 g/mol. The molecule has 0 radical (unpaired) electrons. The van der Waals surface area contributed by atoms with Gasteiger partial charge >= 0.3 is 5.97 Å². The van der Waals surface area contributed by atoms with E-state index in [1.807, 2.05) is 84.9 Å². The zero-order valence-corrected chi connectivity index (χ0v) is 24.1. The van der Waals surface area contributed by atoms with Gasteiger partial charge in [0.25, 0.3) is 5.91 Å². The number of benzene rings is 4. The maximum atomic E-state index is 13.4. The highest BCUT2D eigenvalue weighted by Crippen LogP contribution is 2.34. The van der Waals surface area contributed by atoms with E-state index in [1.54, 1.807) is 12.1 Å². The van der Waals surface area contributed by atoms with Gasteiger partial charge < -0.3 is 19.9 Å². The van der Waals surface area contributed by atoms with E-state index in [0.29, 0.717) is 35.2 Å². The normalized spacial score (nSPS) is 12.3. The molecule has 0 saturated heterocycles. The zero-order chi connectivity index (χ0) is 28.5. The van der Waals surface area contributed by atoms with E-state index in [1.165, 1.54) is 0 Å². The maximum Gasteiger partial charge on any atom is 0.305 e. The minimum absolute atomic E-state index is 0.268. The number of hydrogen-bond acceptors (Lipinski definition) is 4. The van der Waals surface area contributed by atoms with Crippen LogP contribution in [-0.2, 0) is 4.79 Å². The molecule has 1 amide bonds. The average Bonchev–Trinajstić information content (AvgIpc) is 2.96. The Bertz CT molecular complexity index is 1440. The van der Waals surface area contributed by atoms with E-state index in [9.17, 15) is 14.7 Å². The molecule has 2 unspecified atom stereocenters. The number of hydrogen-bond donors (Lipinski definition) is 2. The van der Waals surface area contributed by atoms with E-state index in [-0.39, 0.29) is 6.42 Å². The number of carboxylic acid groups (broad SMARTS) is 1. The smallest absolute Gasteiger partial charge is 0.305 e. The van der Waals surface area contributed by atoms with Crippen LogP contribution in [0, 0.1) is 5.92 Å². The van der Waals surface area contributed by atoms with Crippen LogP contribution in [0.5, 0.6) is 17.2 Å². The summed E-state index contributed by atoms with van der Waals surface area (Å²) in [6.07, 6.45) is 0.688. The van der Waals surface area contributed by atoms with Crippen molar-refractivity contribution in [2.24, 2.45) is 5.92 Å². The number of carbonyl (C=O) groups excluding carboxylic acids is 1. The molecule has 0 aromatic heterocycles. The second-order valence-corrected chi connectivity index (χ2v) is 10.5. The fourth-order valence-corrected chi connectivity index (χ4v) is 4.48. The first kappa shape index (κ1) is 28.9. The Balaban J connectivity index is 1.56. The van der Waals surface area contributed by atoms with Crippen LogP contribution in [0.15, 0.2) is 102 Å². The van der Waals surface area contributed by atoms with Crippen molar-refractivity contribution in [3.05, 3.63) is 113 Å². The molecule has 0 spiro atoms. The van der Waals surface area contributed by atoms with Gasteiger partial charge in [0, 0.05) is 10.0 Å². The number of carbonyl (C=O) groups is 2. The molecule has 0 bridgehead atoms. The summed E-state index contributed by atoms with van der Waals surface area (Å²) in [5.41, 5.74) is 2.83. The first-order chi connectivity index (χ1) is 19.3. The fraction of sp³-hybridized carbons (Fsp3) is 0.212. The summed E-state index contributed by atoms with van der Waals surface area (Å²) < 4.78 is 12.8. The molecule has 40 heavy (non-hydrogen) atoms. The number of halogens is 1.